The Morgan fingerprint density at radius 2 is 1.63 bits per heavy atom. The lowest BCUT2D eigenvalue weighted by Gasteiger charge is -2.17. The van der Waals surface area contributed by atoms with E-state index >= 15 is 0 Å². The van der Waals surface area contributed by atoms with Crippen LogP contribution in [0.15, 0.2) is 89.9 Å². The molecule has 0 aliphatic heterocycles. The molecule has 3 N–H and O–H groups in total. The number of aromatic nitrogens is 2. The van der Waals surface area contributed by atoms with Crippen molar-refractivity contribution in [3.63, 3.8) is 0 Å². The molecule has 0 saturated carbocycles. The summed E-state index contributed by atoms with van der Waals surface area (Å²) < 4.78 is 6.08. The number of aromatic amines is 1. The number of nitrogens with zero attached hydrogens (tertiary/aromatic N) is 2. The zero-order valence-corrected chi connectivity index (χ0v) is 20.3. The number of carbonyl (C=O) groups excluding carboxylic acids is 1. The van der Waals surface area contributed by atoms with E-state index in [0.29, 0.717) is 23.1 Å². The quantitative estimate of drug-likeness (QED) is 0.242. The molecule has 0 spiro atoms. The third-order valence-corrected chi connectivity index (χ3v) is 4.97. The van der Waals surface area contributed by atoms with Gasteiger partial charge in [-0.2, -0.15) is 5.10 Å². The maximum Gasteiger partial charge on any atom is 0.257 e. The summed E-state index contributed by atoms with van der Waals surface area (Å²) >= 11 is 0. The molecule has 35 heavy (non-hydrogen) atoms. The summed E-state index contributed by atoms with van der Waals surface area (Å²) in [6.45, 7) is 7.85. The maximum atomic E-state index is 12.8. The van der Waals surface area contributed by atoms with Crippen LogP contribution in [-0.4, -0.2) is 27.6 Å². The number of hydrogen-bond acceptors (Lipinski definition) is 4. The molecule has 0 aliphatic carbocycles. The number of para-hydroxylation sites is 2. The highest BCUT2D eigenvalue weighted by Crippen LogP contribution is 2.33. The molecule has 178 valence electrons. The van der Waals surface area contributed by atoms with E-state index in [1.807, 2.05) is 100 Å². The Bertz CT molecular complexity index is 1320. The summed E-state index contributed by atoms with van der Waals surface area (Å²) in [5.74, 6) is 2.02. The Kier molecular flexibility index (Phi) is 6.96. The lowest BCUT2D eigenvalue weighted by Crippen LogP contribution is -2.38. The van der Waals surface area contributed by atoms with E-state index in [2.05, 4.69) is 25.8 Å². The second-order valence-corrected chi connectivity index (χ2v) is 9.15. The summed E-state index contributed by atoms with van der Waals surface area (Å²) in [5, 5.41) is 13.4. The molecule has 3 aromatic carbocycles. The molecule has 0 unspecified atom stereocenters. The third-order valence-electron chi connectivity index (χ3n) is 4.97. The smallest absolute Gasteiger partial charge is 0.257 e. The van der Waals surface area contributed by atoms with Gasteiger partial charge in [0.1, 0.15) is 11.5 Å². The summed E-state index contributed by atoms with van der Waals surface area (Å²) in [6.07, 6.45) is 0. The van der Waals surface area contributed by atoms with Crippen molar-refractivity contribution >= 4 is 17.7 Å². The van der Waals surface area contributed by atoms with Crippen molar-refractivity contribution in [3.05, 3.63) is 96.1 Å². The van der Waals surface area contributed by atoms with Crippen molar-refractivity contribution in [1.29, 1.82) is 0 Å². The van der Waals surface area contributed by atoms with Crippen LogP contribution in [0.2, 0.25) is 0 Å². The fourth-order valence-electron chi connectivity index (χ4n) is 3.35. The van der Waals surface area contributed by atoms with Gasteiger partial charge in [-0.15, -0.1) is 0 Å². The van der Waals surface area contributed by atoms with Crippen LogP contribution >= 0.6 is 0 Å². The zero-order chi connectivity index (χ0) is 24.8. The van der Waals surface area contributed by atoms with Gasteiger partial charge in [-0.25, -0.2) is 4.99 Å². The van der Waals surface area contributed by atoms with Crippen LogP contribution in [0.1, 0.15) is 36.7 Å². The predicted octanol–water partition coefficient (Wildman–Crippen LogP) is 6.17. The maximum absolute atomic E-state index is 12.8. The Balaban J connectivity index is 1.55. The van der Waals surface area contributed by atoms with E-state index in [-0.39, 0.29) is 5.91 Å². The second kappa shape index (κ2) is 10.3. The van der Waals surface area contributed by atoms with Gasteiger partial charge in [-0.05, 0) is 64.1 Å². The van der Waals surface area contributed by atoms with Gasteiger partial charge in [-0.3, -0.25) is 15.2 Å². The van der Waals surface area contributed by atoms with Crippen LogP contribution in [0.25, 0.3) is 11.3 Å². The van der Waals surface area contributed by atoms with E-state index in [4.69, 9.17) is 4.74 Å². The number of rotatable bonds is 5. The molecule has 4 aromatic rings. The monoisotopic (exact) mass is 467 g/mol. The summed E-state index contributed by atoms with van der Waals surface area (Å²) in [6, 6.07) is 26.6. The average molecular weight is 468 g/mol. The van der Waals surface area contributed by atoms with E-state index in [1.54, 1.807) is 12.1 Å². The number of guanidine groups is 1. The SMILES string of the molecule is Cc1ccc(C(=O)NC(=NC(C)(C)C)Nc2cc(-c3ccccc3Oc3ccccc3)[nH]n2)cc1. The molecule has 7 heteroatoms. The Labute approximate surface area is 205 Å². The highest BCUT2D eigenvalue weighted by atomic mass is 16.5. The van der Waals surface area contributed by atoms with Gasteiger partial charge >= 0.3 is 0 Å². The molecular formula is C28H29N5O2. The lowest BCUT2D eigenvalue weighted by atomic mass is 10.1. The fraction of sp³-hybridized carbons (Fsp3) is 0.179. The summed E-state index contributed by atoms with van der Waals surface area (Å²) in [4.78, 5) is 17.4. The number of amides is 1. The van der Waals surface area contributed by atoms with Crippen molar-refractivity contribution < 1.29 is 9.53 Å². The average Bonchev–Trinajstić information content (AvgIpc) is 3.27. The number of carbonyl (C=O) groups is 1. The number of aliphatic imine (C=N–C) groups is 1. The minimum absolute atomic E-state index is 0.252. The molecule has 1 heterocycles. The fourth-order valence-corrected chi connectivity index (χ4v) is 3.35. The normalized spacial score (nSPS) is 11.7. The molecule has 7 nitrogen and oxygen atoms in total. The number of hydrogen-bond donors (Lipinski definition) is 3. The Hall–Kier alpha value is -4.39. The first-order valence-corrected chi connectivity index (χ1v) is 11.4. The van der Waals surface area contributed by atoms with E-state index in [1.165, 1.54) is 0 Å². The van der Waals surface area contributed by atoms with Crippen molar-refractivity contribution in [3.8, 4) is 22.8 Å². The van der Waals surface area contributed by atoms with Crippen LogP contribution in [0.5, 0.6) is 11.5 Å². The zero-order valence-electron chi connectivity index (χ0n) is 20.3. The van der Waals surface area contributed by atoms with Gasteiger partial charge < -0.3 is 10.1 Å². The summed E-state index contributed by atoms with van der Waals surface area (Å²) in [7, 11) is 0. The Morgan fingerprint density at radius 3 is 2.34 bits per heavy atom. The lowest BCUT2D eigenvalue weighted by molar-refractivity contribution is 0.0977. The standard InChI is InChI=1S/C28H29N5O2/c1-19-14-16-20(17-15-19)26(34)30-27(31-28(2,3)4)29-25-18-23(32-33-25)22-12-8-9-13-24(22)35-21-10-6-5-7-11-21/h5-18H,1-4H3,(H3,29,30,31,32,33,34). The highest BCUT2D eigenvalue weighted by Gasteiger charge is 2.16. The van der Waals surface area contributed by atoms with Gasteiger partial charge in [0.05, 0.1) is 11.2 Å². The van der Waals surface area contributed by atoms with Gasteiger partial charge in [0.25, 0.3) is 5.91 Å². The molecule has 0 aliphatic rings. The first-order valence-electron chi connectivity index (χ1n) is 11.4. The van der Waals surface area contributed by atoms with Gasteiger partial charge in [-0.1, -0.05) is 48.0 Å². The number of nitrogens with one attached hydrogen (secondary N) is 3. The topological polar surface area (TPSA) is 91.4 Å². The van der Waals surface area contributed by atoms with Gasteiger partial charge in [0.15, 0.2) is 5.82 Å². The molecule has 1 amide bonds. The molecule has 0 fully saturated rings. The third kappa shape index (κ3) is 6.57. The molecule has 0 radical (unpaired) electrons. The highest BCUT2D eigenvalue weighted by molar-refractivity contribution is 6.09. The van der Waals surface area contributed by atoms with E-state index in [0.717, 1.165) is 22.6 Å². The molecule has 0 saturated heterocycles. The Morgan fingerprint density at radius 1 is 0.943 bits per heavy atom. The van der Waals surface area contributed by atoms with Crippen LogP contribution in [0.4, 0.5) is 5.82 Å². The van der Waals surface area contributed by atoms with E-state index in [9.17, 15) is 4.79 Å². The van der Waals surface area contributed by atoms with Crippen molar-refractivity contribution in [2.24, 2.45) is 4.99 Å². The van der Waals surface area contributed by atoms with Gasteiger partial charge in [0, 0.05) is 17.2 Å². The number of anilines is 1. The predicted molar refractivity (Wildman–Crippen MR) is 140 cm³/mol. The van der Waals surface area contributed by atoms with Gasteiger partial charge in [0.2, 0.25) is 5.96 Å². The molecular weight excluding hydrogens is 438 g/mol. The molecule has 0 bridgehead atoms. The number of benzene rings is 3. The van der Waals surface area contributed by atoms with Crippen molar-refractivity contribution in [1.82, 2.24) is 15.5 Å². The number of aryl methyl sites for hydroxylation is 1. The van der Waals surface area contributed by atoms with Crippen LogP contribution < -0.4 is 15.4 Å². The molecule has 4 rings (SSSR count). The van der Waals surface area contributed by atoms with E-state index < -0.39 is 5.54 Å². The van der Waals surface area contributed by atoms with Crippen LogP contribution in [-0.2, 0) is 0 Å². The largest absolute Gasteiger partial charge is 0.457 e. The summed E-state index contributed by atoms with van der Waals surface area (Å²) in [5.41, 5.74) is 2.84. The minimum atomic E-state index is -0.419. The van der Waals surface area contributed by atoms with Crippen molar-refractivity contribution in [2.45, 2.75) is 33.2 Å². The first-order chi connectivity index (χ1) is 16.8. The first kappa shape index (κ1) is 23.8. The number of H-pyrrole nitrogens is 1. The number of ether oxygens (including phenoxy) is 1. The molecule has 1 aromatic heterocycles. The van der Waals surface area contributed by atoms with Crippen LogP contribution in [0.3, 0.4) is 0 Å². The van der Waals surface area contributed by atoms with Crippen molar-refractivity contribution in [2.75, 3.05) is 5.32 Å². The molecule has 0 atom stereocenters. The minimum Gasteiger partial charge on any atom is -0.457 e. The second-order valence-electron chi connectivity index (χ2n) is 9.15. The van der Waals surface area contributed by atoms with Crippen LogP contribution in [0, 0.1) is 6.92 Å².